The van der Waals surface area contributed by atoms with Crippen LogP contribution in [-0.4, -0.2) is 45.3 Å². The lowest BCUT2D eigenvalue weighted by atomic mass is 10.0. The molecule has 1 fully saturated rings. The van der Waals surface area contributed by atoms with E-state index in [1.54, 1.807) is 11.3 Å². The number of likely N-dealkylation sites (tertiary alicyclic amines) is 1. The van der Waals surface area contributed by atoms with Gasteiger partial charge in [0.15, 0.2) is 5.96 Å². The molecule has 1 unspecified atom stereocenters. The Morgan fingerprint density at radius 2 is 2.33 bits per heavy atom. The number of guanidine groups is 1. The predicted molar refractivity (Wildman–Crippen MR) is 109 cm³/mol. The van der Waals surface area contributed by atoms with E-state index in [2.05, 4.69) is 33.4 Å². The molecule has 0 radical (unpaired) electrons. The largest absolute Gasteiger partial charge is 0.357 e. The van der Waals surface area contributed by atoms with Gasteiger partial charge in [0.1, 0.15) is 0 Å². The van der Waals surface area contributed by atoms with Gasteiger partial charge < -0.3 is 10.2 Å². The van der Waals surface area contributed by atoms with Crippen LogP contribution >= 0.6 is 35.3 Å². The lowest BCUT2D eigenvalue weighted by Crippen LogP contribution is -2.40. The zero-order valence-electron chi connectivity index (χ0n) is 14.4. The van der Waals surface area contributed by atoms with Crippen LogP contribution in [0.4, 0.5) is 0 Å². The summed E-state index contributed by atoms with van der Waals surface area (Å²) in [7, 11) is 1.97. The molecular formula is C16H25IN6S. The van der Waals surface area contributed by atoms with Crippen molar-refractivity contribution in [3.63, 3.8) is 0 Å². The first-order chi connectivity index (χ1) is 11.2. The van der Waals surface area contributed by atoms with Crippen LogP contribution in [0.1, 0.15) is 35.4 Å². The molecule has 0 aromatic carbocycles. The minimum Gasteiger partial charge on any atom is -0.357 e. The van der Waals surface area contributed by atoms with Crippen molar-refractivity contribution in [2.24, 2.45) is 12.0 Å². The number of rotatable bonds is 4. The predicted octanol–water partition coefficient (Wildman–Crippen LogP) is 2.76. The van der Waals surface area contributed by atoms with E-state index >= 15 is 0 Å². The summed E-state index contributed by atoms with van der Waals surface area (Å²) in [6, 6.07) is 0. The Kier molecular flexibility index (Phi) is 7.02. The molecule has 3 heterocycles. The second kappa shape index (κ2) is 8.80. The Hall–Kier alpha value is -1.16. The smallest absolute Gasteiger partial charge is 0.194 e. The second-order valence-corrected chi connectivity index (χ2v) is 6.85. The maximum Gasteiger partial charge on any atom is 0.194 e. The van der Waals surface area contributed by atoms with Gasteiger partial charge in [0.05, 0.1) is 23.9 Å². The van der Waals surface area contributed by atoms with Gasteiger partial charge in [-0.25, -0.2) is 9.98 Å². The summed E-state index contributed by atoms with van der Waals surface area (Å²) in [5.41, 5.74) is 4.30. The maximum absolute atomic E-state index is 4.81. The number of nitrogens with zero attached hydrogens (tertiary/aromatic N) is 5. The van der Waals surface area contributed by atoms with Gasteiger partial charge in [-0.05, 0) is 25.8 Å². The SMILES string of the molecule is CCNC(=NCc1scnc1C)N1CCC(c2cnn(C)c2)C1.I. The highest BCUT2D eigenvalue weighted by Gasteiger charge is 2.26. The van der Waals surface area contributed by atoms with Crippen LogP contribution in [0.25, 0.3) is 0 Å². The normalized spacial score (nSPS) is 17.9. The van der Waals surface area contributed by atoms with Crippen LogP contribution in [0.3, 0.4) is 0 Å². The Morgan fingerprint density at radius 1 is 1.50 bits per heavy atom. The van der Waals surface area contributed by atoms with Crippen LogP contribution in [0.15, 0.2) is 22.9 Å². The molecule has 2 aromatic rings. The van der Waals surface area contributed by atoms with E-state index in [1.807, 2.05) is 30.4 Å². The molecule has 0 amide bonds. The first-order valence-electron chi connectivity index (χ1n) is 8.08. The Bertz CT molecular complexity index is 680. The van der Waals surface area contributed by atoms with E-state index in [9.17, 15) is 0 Å². The lowest BCUT2D eigenvalue weighted by Gasteiger charge is -2.21. The summed E-state index contributed by atoms with van der Waals surface area (Å²) in [4.78, 5) is 12.7. The van der Waals surface area contributed by atoms with Gasteiger partial charge in [-0.1, -0.05) is 0 Å². The van der Waals surface area contributed by atoms with Crippen molar-refractivity contribution in [1.82, 2.24) is 25.0 Å². The van der Waals surface area contributed by atoms with E-state index in [-0.39, 0.29) is 24.0 Å². The molecule has 0 aliphatic carbocycles. The van der Waals surface area contributed by atoms with Crippen LogP contribution in [-0.2, 0) is 13.6 Å². The standard InChI is InChI=1S/C16H24N6S.HI/c1-4-17-16(18-8-15-12(2)19-11-23-15)22-6-5-13(10-22)14-7-20-21(3)9-14;/h7,9,11,13H,4-6,8,10H2,1-3H3,(H,17,18);1H. The Morgan fingerprint density at radius 3 is 2.96 bits per heavy atom. The molecule has 0 spiro atoms. The van der Waals surface area contributed by atoms with Gasteiger partial charge in [0.25, 0.3) is 0 Å². The van der Waals surface area contributed by atoms with Crippen LogP contribution in [0.5, 0.6) is 0 Å². The number of hydrogen-bond donors (Lipinski definition) is 1. The molecule has 6 nitrogen and oxygen atoms in total. The Labute approximate surface area is 164 Å². The highest BCUT2D eigenvalue weighted by atomic mass is 127. The maximum atomic E-state index is 4.81. The van der Waals surface area contributed by atoms with Gasteiger partial charge in [-0.2, -0.15) is 5.10 Å². The summed E-state index contributed by atoms with van der Waals surface area (Å²) in [5, 5.41) is 7.72. The molecule has 1 atom stereocenters. The molecule has 1 aliphatic heterocycles. The summed E-state index contributed by atoms with van der Waals surface area (Å²) in [6.45, 7) is 7.78. The van der Waals surface area contributed by atoms with Crippen molar-refractivity contribution in [3.8, 4) is 0 Å². The summed E-state index contributed by atoms with van der Waals surface area (Å²) in [5.74, 6) is 1.55. The number of halogens is 1. The molecule has 8 heteroatoms. The number of nitrogens with one attached hydrogen (secondary N) is 1. The van der Waals surface area contributed by atoms with Crippen molar-refractivity contribution in [1.29, 1.82) is 0 Å². The lowest BCUT2D eigenvalue weighted by molar-refractivity contribution is 0.486. The zero-order valence-corrected chi connectivity index (χ0v) is 17.5. The molecule has 3 rings (SSSR count). The number of hydrogen-bond acceptors (Lipinski definition) is 4. The van der Waals surface area contributed by atoms with Crippen molar-refractivity contribution in [3.05, 3.63) is 34.0 Å². The number of thiazole rings is 1. The minimum absolute atomic E-state index is 0. The Balaban J connectivity index is 0.00000208. The topological polar surface area (TPSA) is 58.3 Å². The fourth-order valence-electron chi connectivity index (χ4n) is 2.93. The number of aliphatic imine (C=N–C) groups is 1. The first-order valence-corrected chi connectivity index (χ1v) is 8.96. The fraction of sp³-hybridized carbons (Fsp3) is 0.562. The van der Waals surface area contributed by atoms with E-state index in [0.717, 1.165) is 37.7 Å². The molecule has 132 valence electrons. The van der Waals surface area contributed by atoms with Gasteiger partial charge in [0, 0.05) is 43.7 Å². The van der Waals surface area contributed by atoms with Crippen molar-refractivity contribution < 1.29 is 0 Å². The van der Waals surface area contributed by atoms with Gasteiger partial charge in [0.2, 0.25) is 0 Å². The van der Waals surface area contributed by atoms with E-state index in [0.29, 0.717) is 12.5 Å². The molecular weight excluding hydrogens is 435 g/mol. The zero-order chi connectivity index (χ0) is 16.2. The molecule has 1 N–H and O–H groups in total. The summed E-state index contributed by atoms with van der Waals surface area (Å²) < 4.78 is 1.88. The average molecular weight is 460 g/mol. The number of aromatic nitrogens is 3. The van der Waals surface area contributed by atoms with Crippen molar-refractivity contribution in [2.45, 2.75) is 32.7 Å². The molecule has 1 aliphatic rings. The summed E-state index contributed by atoms with van der Waals surface area (Å²) >= 11 is 1.68. The van der Waals surface area contributed by atoms with Crippen LogP contribution < -0.4 is 5.32 Å². The van der Waals surface area contributed by atoms with Crippen molar-refractivity contribution >= 4 is 41.3 Å². The van der Waals surface area contributed by atoms with Gasteiger partial charge in [-0.15, -0.1) is 35.3 Å². The molecule has 0 saturated carbocycles. The third kappa shape index (κ3) is 4.47. The van der Waals surface area contributed by atoms with Crippen molar-refractivity contribution in [2.75, 3.05) is 19.6 Å². The molecule has 1 saturated heterocycles. The quantitative estimate of drug-likeness (QED) is 0.433. The van der Waals surface area contributed by atoms with Gasteiger partial charge >= 0.3 is 0 Å². The van der Waals surface area contributed by atoms with E-state index < -0.39 is 0 Å². The highest BCUT2D eigenvalue weighted by molar-refractivity contribution is 14.0. The minimum atomic E-state index is 0. The van der Waals surface area contributed by atoms with E-state index in [1.165, 1.54) is 10.4 Å². The van der Waals surface area contributed by atoms with Crippen LogP contribution in [0.2, 0.25) is 0 Å². The molecule has 24 heavy (non-hydrogen) atoms. The fourth-order valence-corrected chi connectivity index (χ4v) is 3.63. The van der Waals surface area contributed by atoms with Crippen LogP contribution in [0, 0.1) is 6.92 Å². The second-order valence-electron chi connectivity index (χ2n) is 5.91. The average Bonchev–Trinajstić information content (AvgIpc) is 3.25. The third-order valence-corrected chi connectivity index (χ3v) is 5.16. The highest BCUT2D eigenvalue weighted by Crippen LogP contribution is 2.26. The molecule has 0 bridgehead atoms. The first kappa shape index (κ1) is 19.2. The monoisotopic (exact) mass is 460 g/mol. The van der Waals surface area contributed by atoms with E-state index in [4.69, 9.17) is 4.99 Å². The summed E-state index contributed by atoms with van der Waals surface area (Å²) in [6.07, 6.45) is 5.26. The third-order valence-electron chi connectivity index (χ3n) is 4.24. The van der Waals surface area contributed by atoms with Gasteiger partial charge in [-0.3, -0.25) is 4.68 Å². The number of aryl methyl sites for hydroxylation is 2. The molecule has 2 aromatic heterocycles.